The molecule has 6 heteroatoms. The molecule has 1 unspecified atom stereocenters. The van der Waals surface area contributed by atoms with Gasteiger partial charge in [-0.3, -0.25) is 9.69 Å². The van der Waals surface area contributed by atoms with Crippen LogP contribution in [0.1, 0.15) is 31.7 Å². The average Bonchev–Trinajstić information content (AvgIpc) is 3.25. The van der Waals surface area contributed by atoms with Gasteiger partial charge in [0, 0.05) is 43.9 Å². The Morgan fingerprint density at radius 2 is 1.73 bits per heavy atom. The molecule has 1 N–H and O–H groups in total. The Bertz CT molecular complexity index is 1090. The van der Waals surface area contributed by atoms with E-state index in [1.165, 1.54) is 5.56 Å². The van der Waals surface area contributed by atoms with Gasteiger partial charge in [-0.1, -0.05) is 48.5 Å². The summed E-state index contributed by atoms with van der Waals surface area (Å²) < 4.78 is 1.98. The Morgan fingerprint density at radius 1 is 1.06 bits per heavy atom. The molecular formula is C27H32N4O2. The summed E-state index contributed by atoms with van der Waals surface area (Å²) in [6.45, 7) is 5.61. The third kappa shape index (κ3) is 4.72. The van der Waals surface area contributed by atoms with Gasteiger partial charge >= 0.3 is 0 Å². The van der Waals surface area contributed by atoms with E-state index in [-0.39, 0.29) is 11.3 Å². The fourth-order valence-electron chi connectivity index (χ4n) is 5.46. The highest BCUT2D eigenvalue weighted by Gasteiger charge is 2.42. The lowest BCUT2D eigenvalue weighted by molar-refractivity contribution is -0.138. The summed E-state index contributed by atoms with van der Waals surface area (Å²) in [5.41, 5.74) is 4.46. The molecule has 1 aromatic heterocycles. The van der Waals surface area contributed by atoms with E-state index in [1.807, 2.05) is 33.8 Å². The molecule has 1 amide bonds. The molecule has 0 saturated carbocycles. The van der Waals surface area contributed by atoms with Crippen LogP contribution in [0.3, 0.4) is 0 Å². The molecule has 2 aliphatic heterocycles. The Balaban J connectivity index is 1.34. The van der Waals surface area contributed by atoms with Gasteiger partial charge in [-0.2, -0.15) is 5.10 Å². The molecular weight excluding hydrogens is 412 g/mol. The van der Waals surface area contributed by atoms with Gasteiger partial charge in [0.25, 0.3) is 0 Å². The molecule has 0 aliphatic carbocycles. The van der Waals surface area contributed by atoms with Crippen molar-refractivity contribution in [2.45, 2.75) is 38.8 Å². The van der Waals surface area contributed by atoms with Crippen molar-refractivity contribution in [2.24, 2.45) is 5.41 Å². The number of β-amino-alcohol motifs (C(OH)–C–C–N with tert-alkyl or cyclic N) is 1. The molecule has 1 atom stereocenters. The molecule has 5 rings (SSSR count). The molecule has 2 saturated heterocycles. The average molecular weight is 445 g/mol. The second-order valence-electron chi connectivity index (χ2n) is 9.68. The first-order valence-corrected chi connectivity index (χ1v) is 11.9. The zero-order valence-electron chi connectivity index (χ0n) is 19.2. The Kier molecular flexibility index (Phi) is 6.04. The van der Waals surface area contributed by atoms with Crippen LogP contribution in [0.4, 0.5) is 0 Å². The minimum atomic E-state index is -0.414. The molecule has 6 nitrogen and oxygen atoms in total. The summed E-state index contributed by atoms with van der Waals surface area (Å²) in [6, 6.07) is 20.6. The van der Waals surface area contributed by atoms with Crippen molar-refractivity contribution in [3.63, 3.8) is 0 Å². The number of para-hydroxylation sites is 1. The van der Waals surface area contributed by atoms with Gasteiger partial charge < -0.3 is 10.0 Å². The molecule has 2 aromatic carbocycles. The summed E-state index contributed by atoms with van der Waals surface area (Å²) in [5.74, 6) is 0.0661. The maximum absolute atomic E-state index is 12.0. The van der Waals surface area contributed by atoms with E-state index in [2.05, 4.69) is 47.5 Å². The number of hydrogen-bond acceptors (Lipinski definition) is 4. The second-order valence-corrected chi connectivity index (χ2v) is 9.68. The molecule has 172 valence electrons. The number of aliphatic hydroxyl groups excluding tert-OH is 1. The highest BCUT2D eigenvalue weighted by Crippen LogP contribution is 2.40. The van der Waals surface area contributed by atoms with Crippen LogP contribution in [0.25, 0.3) is 16.9 Å². The number of benzene rings is 2. The first-order valence-electron chi connectivity index (χ1n) is 11.9. The number of likely N-dealkylation sites (tertiary alicyclic amines) is 2. The van der Waals surface area contributed by atoms with Crippen LogP contribution in [0.5, 0.6) is 0 Å². The SMILES string of the molecule is CC(=O)N1CC(O)CC2(CCN(Cc3cn(-c4ccccc4)nc3-c3ccccc3)CC2)C1. The van der Waals surface area contributed by atoms with Crippen LogP contribution < -0.4 is 0 Å². The normalized spacial score (nSPS) is 20.8. The maximum Gasteiger partial charge on any atom is 0.219 e. The number of carbonyl (C=O) groups excluding carboxylic acids is 1. The van der Waals surface area contributed by atoms with Crippen molar-refractivity contribution in [3.05, 3.63) is 72.4 Å². The van der Waals surface area contributed by atoms with Crippen LogP contribution in [-0.2, 0) is 11.3 Å². The lowest BCUT2D eigenvalue weighted by atomic mass is 9.71. The smallest absolute Gasteiger partial charge is 0.219 e. The third-order valence-corrected chi connectivity index (χ3v) is 7.24. The lowest BCUT2D eigenvalue weighted by Crippen LogP contribution is -2.54. The molecule has 33 heavy (non-hydrogen) atoms. The Labute approximate surface area is 195 Å². The van der Waals surface area contributed by atoms with Crippen molar-refractivity contribution in [1.29, 1.82) is 0 Å². The Morgan fingerprint density at radius 3 is 2.39 bits per heavy atom. The van der Waals surface area contributed by atoms with Gasteiger partial charge in [0.2, 0.25) is 5.91 Å². The number of piperidine rings is 2. The zero-order valence-corrected chi connectivity index (χ0v) is 19.2. The van der Waals surface area contributed by atoms with Crippen molar-refractivity contribution >= 4 is 5.91 Å². The molecule has 3 aromatic rings. The highest BCUT2D eigenvalue weighted by atomic mass is 16.3. The first-order chi connectivity index (χ1) is 16.0. The second kappa shape index (κ2) is 9.12. The maximum atomic E-state index is 12.0. The fourth-order valence-corrected chi connectivity index (χ4v) is 5.46. The monoisotopic (exact) mass is 444 g/mol. The summed E-state index contributed by atoms with van der Waals surface area (Å²) >= 11 is 0. The summed E-state index contributed by atoms with van der Waals surface area (Å²) in [6.07, 6.45) is 4.54. The Hall–Kier alpha value is -2.96. The van der Waals surface area contributed by atoms with Crippen molar-refractivity contribution in [2.75, 3.05) is 26.2 Å². The van der Waals surface area contributed by atoms with Crippen LogP contribution >= 0.6 is 0 Å². The molecule has 0 bridgehead atoms. The van der Waals surface area contributed by atoms with Crippen LogP contribution in [0.2, 0.25) is 0 Å². The zero-order chi connectivity index (χ0) is 22.8. The van der Waals surface area contributed by atoms with E-state index in [1.54, 1.807) is 6.92 Å². The van der Waals surface area contributed by atoms with Gasteiger partial charge in [-0.05, 0) is 49.9 Å². The van der Waals surface area contributed by atoms with E-state index < -0.39 is 6.10 Å². The topological polar surface area (TPSA) is 61.6 Å². The molecule has 0 radical (unpaired) electrons. The number of amides is 1. The summed E-state index contributed by atoms with van der Waals surface area (Å²) in [4.78, 5) is 16.3. The predicted octanol–water partition coefficient (Wildman–Crippen LogP) is 3.73. The fraction of sp³-hybridized carbons (Fsp3) is 0.407. The minimum absolute atomic E-state index is 0.0380. The van der Waals surface area contributed by atoms with E-state index in [0.717, 1.165) is 62.4 Å². The molecule has 2 fully saturated rings. The molecule has 3 heterocycles. The number of nitrogens with zero attached hydrogens (tertiary/aromatic N) is 4. The van der Waals surface area contributed by atoms with Gasteiger partial charge in [0.1, 0.15) is 0 Å². The third-order valence-electron chi connectivity index (χ3n) is 7.24. The predicted molar refractivity (Wildman–Crippen MR) is 129 cm³/mol. The van der Waals surface area contributed by atoms with Crippen molar-refractivity contribution < 1.29 is 9.90 Å². The van der Waals surface area contributed by atoms with E-state index in [4.69, 9.17) is 5.10 Å². The summed E-state index contributed by atoms with van der Waals surface area (Å²) in [5, 5.41) is 15.4. The molecule has 2 aliphatic rings. The van der Waals surface area contributed by atoms with E-state index >= 15 is 0 Å². The quantitative estimate of drug-likeness (QED) is 0.666. The standard InChI is InChI=1S/C27H32N4O2/c1-21(32)30-19-25(33)16-27(20-30)12-14-29(15-13-27)17-23-18-31(24-10-6-3-7-11-24)28-26(23)22-8-4-2-5-9-22/h2-11,18,25,33H,12-17,19-20H2,1H3. The van der Waals surface area contributed by atoms with E-state index in [9.17, 15) is 9.90 Å². The largest absolute Gasteiger partial charge is 0.391 e. The first kappa shape index (κ1) is 21.9. The van der Waals surface area contributed by atoms with Crippen LogP contribution in [-0.4, -0.2) is 62.9 Å². The molecule has 1 spiro atoms. The van der Waals surface area contributed by atoms with Crippen molar-refractivity contribution in [1.82, 2.24) is 19.6 Å². The summed E-state index contributed by atoms with van der Waals surface area (Å²) in [7, 11) is 0. The van der Waals surface area contributed by atoms with Gasteiger partial charge in [0.15, 0.2) is 0 Å². The van der Waals surface area contributed by atoms with E-state index in [0.29, 0.717) is 6.54 Å². The number of aliphatic hydroxyl groups is 1. The highest BCUT2D eigenvalue weighted by molar-refractivity contribution is 5.73. The van der Waals surface area contributed by atoms with Crippen LogP contribution in [0.15, 0.2) is 66.9 Å². The number of aromatic nitrogens is 2. The lowest BCUT2D eigenvalue weighted by Gasteiger charge is -2.49. The minimum Gasteiger partial charge on any atom is -0.391 e. The van der Waals surface area contributed by atoms with Gasteiger partial charge in [0.05, 0.1) is 17.5 Å². The van der Waals surface area contributed by atoms with Gasteiger partial charge in [-0.25, -0.2) is 4.68 Å². The number of rotatable bonds is 4. The number of hydrogen-bond donors (Lipinski definition) is 1. The van der Waals surface area contributed by atoms with Crippen molar-refractivity contribution in [3.8, 4) is 16.9 Å². The van der Waals surface area contributed by atoms with Crippen LogP contribution in [0, 0.1) is 5.41 Å². The van der Waals surface area contributed by atoms with Gasteiger partial charge in [-0.15, -0.1) is 0 Å². The number of carbonyl (C=O) groups is 1.